The maximum absolute atomic E-state index is 13.7. The van der Waals surface area contributed by atoms with Crippen LogP contribution in [0.4, 0.5) is 4.39 Å². The number of nitrogens with zero attached hydrogens (tertiary/aromatic N) is 3. The van der Waals surface area contributed by atoms with Crippen LogP contribution in [-0.4, -0.2) is 50.4 Å². The summed E-state index contributed by atoms with van der Waals surface area (Å²) in [4.78, 5) is 46.1. The van der Waals surface area contributed by atoms with Gasteiger partial charge in [-0.15, -0.1) is 0 Å². The molecular formula is C28H30FN5O4. The average molecular weight is 520 g/mol. The van der Waals surface area contributed by atoms with E-state index >= 15 is 0 Å². The van der Waals surface area contributed by atoms with E-state index in [0.29, 0.717) is 6.61 Å². The molecule has 1 fully saturated rings. The summed E-state index contributed by atoms with van der Waals surface area (Å²) < 4.78 is 20.3. The molecule has 198 valence electrons. The first-order chi connectivity index (χ1) is 18.3. The Morgan fingerprint density at radius 1 is 1.05 bits per heavy atom. The average Bonchev–Trinajstić information content (AvgIpc) is 3.65. The summed E-state index contributed by atoms with van der Waals surface area (Å²) >= 11 is 0. The summed E-state index contributed by atoms with van der Waals surface area (Å²) in [6.45, 7) is 4.85. The van der Waals surface area contributed by atoms with E-state index in [1.165, 1.54) is 18.5 Å². The Bertz CT molecular complexity index is 1350. The number of carbonyl (C=O) groups excluding carboxylic acids is 3. The van der Waals surface area contributed by atoms with Crippen molar-refractivity contribution < 1.29 is 23.5 Å². The molecule has 0 bridgehead atoms. The normalized spacial score (nSPS) is 18.6. The van der Waals surface area contributed by atoms with E-state index in [1.54, 1.807) is 28.5 Å². The lowest BCUT2D eigenvalue weighted by Gasteiger charge is -2.44. The molecule has 1 unspecified atom stereocenters. The smallest absolute Gasteiger partial charge is 0.274 e. The molecule has 2 heterocycles. The molecule has 1 aliphatic carbocycles. The number of aromatic nitrogens is 2. The third-order valence-corrected chi connectivity index (χ3v) is 6.94. The Morgan fingerprint density at radius 3 is 2.32 bits per heavy atom. The quantitative estimate of drug-likeness (QED) is 0.452. The van der Waals surface area contributed by atoms with Crippen LogP contribution in [0.5, 0.6) is 5.75 Å². The lowest BCUT2D eigenvalue weighted by atomic mass is 9.93. The van der Waals surface area contributed by atoms with E-state index in [0.717, 1.165) is 29.7 Å². The van der Waals surface area contributed by atoms with Gasteiger partial charge in [0.05, 0.1) is 19.5 Å². The zero-order valence-corrected chi connectivity index (χ0v) is 21.4. The predicted molar refractivity (Wildman–Crippen MR) is 137 cm³/mol. The van der Waals surface area contributed by atoms with Crippen LogP contribution in [0.15, 0.2) is 54.9 Å². The molecule has 38 heavy (non-hydrogen) atoms. The van der Waals surface area contributed by atoms with Gasteiger partial charge in [0.1, 0.15) is 22.8 Å². The van der Waals surface area contributed by atoms with Crippen LogP contribution in [0.3, 0.4) is 0 Å². The highest BCUT2D eigenvalue weighted by Crippen LogP contribution is 2.38. The summed E-state index contributed by atoms with van der Waals surface area (Å²) in [7, 11) is 0. The van der Waals surface area contributed by atoms with E-state index < -0.39 is 11.4 Å². The van der Waals surface area contributed by atoms with Crippen molar-refractivity contribution in [2.24, 2.45) is 0 Å². The van der Waals surface area contributed by atoms with Gasteiger partial charge in [-0.1, -0.05) is 24.3 Å². The number of hydrogen-bond acceptors (Lipinski definition) is 5. The fourth-order valence-corrected chi connectivity index (χ4v) is 4.83. The number of rotatable bonds is 9. The highest BCUT2D eigenvalue weighted by atomic mass is 19.1. The summed E-state index contributed by atoms with van der Waals surface area (Å²) in [5, 5.41) is 5.73. The number of fused-ring (bicyclic) bond motifs is 1. The molecule has 9 nitrogen and oxygen atoms in total. The van der Waals surface area contributed by atoms with Crippen molar-refractivity contribution in [2.45, 2.75) is 57.9 Å². The van der Waals surface area contributed by atoms with Gasteiger partial charge in [0.2, 0.25) is 5.91 Å². The third-order valence-electron chi connectivity index (χ3n) is 6.94. The highest BCUT2D eigenvalue weighted by Gasteiger charge is 2.53. The number of ether oxygens (including phenoxy) is 1. The van der Waals surface area contributed by atoms with Gasteiger partial charge in [0, 0.05) is 19.1 Å². The lowest BCUT2D eigenvalue weighted by Crippen LogP contribution is -2.64. The molecule has 2 aliphatic rings. The maximum atomic E-state index is 13.7. The molecule has 10 heteroatoms. The number of carbonyl (C=O) groups is 3. The molecule has 0 spiro atoms. The molecule has 3 aromatic rings. The van der Waals surface area contributed by atoms with E-state index in [2.05, 4.69) is 15.6 Å². The fraction of sp³-hybridized carbons (Fsp3) is 0.357. The predicted octanol–water partition coefficient (Wildman–Crippen LogP) is 3.04. The minimum atomic E-state index is -1.16. The van der Waals surface area contributed by atoms with Crippen LogP contribution in [0, 0.1) is 5.82 Å². The van der Waals surface area contributed by atoms with Crippen LogP contribution >= 0.6 is 0 Å². The topological polar surface area (TPSA) is 106 Å². The largest absolute Gasteiger partial charge is 0.494 e. The second-order valence-corrected chi connectivity index (χ2v) is 9.82. The van der Waals surface area contributed by atoms with Crippen LogP contribution in [-0.2, 0) is 24.4 Å². The van der Waals surface area contributed by atoms with Crippen molar-refractivity contribution in [2.75, 3.05) is 6.61 Å². The molecule has 5 rings (SSSR count). The van der Waals surface area contributed by atoms with Gasteiger partial charge in [-0.2, -0.15) is 0 Å². The highest BCUT2D eigenvalue weighted by molar-refractivity contribution is 6.07. The third kappa shape index (κ3) is 4.98. The second kappa shape index (κ2) is 10.3. The number of nitrogens with one attached hydrogen (secondary N) is 2. The standard InChI is InChI=1S/C28H30FN5O4/c1-3-38-22-12-6-19(7-13-22)14-30-25(35)23-24-26(36)34(21-10-11-21)28(2,16-33(24)17-32-23)27(37)31-15-18-4-8-20(29)9-5-18/h4-9,12-13,17,21H,3,10-11,14-16H2,1-2H3,(H,30,35)(H,31,37). The van der Waals surface area contributed by atoms with Crippen LogP contribution in [0.2, 0.25) is 0 Å². The first-order valence-electron chi connectivity index (χ1n) is 12.7. The van der Waals surface area contributed by atoms with Crippen molar-refractivity contribution in [3.05, 3.63) is 83.2 Å². The zero-order chi connectivity index (χ0) is 26.9. The molecule has 2 aromatic carbocycles. The van der Waals surface area contributed by atoms with Crippen LogP contribution in [0.1, 0.15) is 58.8 Å². The Hall–Kier alpha value is -4.21. The van der Waals surface area contributed by atoms with Gasteiger partial charge in [-0.05, 0) is 62.1 Å². The number of benzene rings is 2. The van der Waals surface area contributed by atoms with Gasteiger partial charge in [0.25, 0.3) is 11.8 Å². The monoisotopic (exact) mass is 519 g/mol. The number of imidazole rings is 1. The molecular weight excluding hydrogens is 489 g/mol. The van der Waals surface area contributed by atoms with Crippen LogP contribution < -0.4 is 15.4 Å². The summed E-state index contributed by atoms with van der Waals surface area (Å²) in [5.74, 6) is -0.760. The summed E-state index contributed by atoms with van der Waals surface area (Å²) in [6.07, 6.45) is 3.02. The number of hydrogen-bond donors (Lipinski definition) is 2. The Balaban J connectivity index is 1.32. The minimum absolute atomic E-state index is 0.0420. The molecule has 0 radical (unpaired) electrons. The zero-order valence-electron chi connectivity index (χ0n) is 21.4. The summed E-state index contributed by atoms with van der Waals surface area (Å²) in [6, 6.07) is 13.2. The number of amides is 3. The first-order valence-corrected chi connectivity index (χ1v) is 12.7. The van der Waals surface area contributed by atoms with Crippen molar-refractivity contribution in [1.82, 2.24) is 25.1 Å². The molecule has 1 atom stereocenters. The van der Waals surface area contributed by atoms with E-state index in [9.17, 15) is 18.8 Å². The number of halogens is 1. The lowest BCUT2D eigenvalue weighted by molar-refractivity contribution is -0.133. The van der Waals surface area contributed by atoms with Gasteiger partial charge in [0.15, 0.2) is 5.69 Å². The van der Waals surface area contributed by atoms with Crippen LogP contribution in [0.25, 0.3) is 0 Å². The van der Waals surface area contributed by atoms with Crippen molar-refractivity contribution in [3.8, 4) is 5.75 Å². The Morgan fingerprint density at radius 2 is 1.68 bits per heavy atom. The maximum Gasteiger partial charge on any atom is 0.274 e. The molecule has 1 aromatic heterocycles. The van der Waals surface area contributed by atoms with Crippen molar-refractivity contribution >= 4 is 17.7 Å². The van der Waals surface area contributed by atoms with Gasteiger partial charge >= 0.3 is 0 Å². The van der Waals surface area contributed by atoms with Crippen molar-refractivity contribution in [1.29, 1.82) is 0 Å². The molecule has 3 amide bonds. The molecule has 0 saturated heterocycles. The fourth-order valence-electron chi connectivity index (χ4n) is 4.83. The van der Waals surface area contributed by atoms with E-state index in [1.807, 2.05) is 31.2 Å². The van der Waals surface area contributed by atoms with Gasteiger partial charge in [-0.25, -0.2) is 9.37 Å². The minimum Gasteiger partial charge on any atom is -0.494 e. The van der Waals surface area contributed by atoms with E-state index in [-0.39, 0.29) is 54.7 Å². The first kappa shape index (κ1) is 25.4. The molecule has 2 N–H and O–H groups in total. The van der Waals surface area contributed by atoms with Crippen molar-refractivity contribution in [3.63, 3.8) is 0 Å². The Labute approximate surface area is 220 Å². The van der Waals surface area contributed by atoms with E-state index in [4.69, 9.17) is 4.74 Å². The second-order valence-electron chi connectivity index (χ2n) is 9.82. The molecule has 1 saturated carbocycles. The SMILES string of the molecule is CCOc1ccc(CNC(=O)c2ncn3c2C(=O)N(C2CC2)C(C)(C(=O)NCc2ccc(F)cc2)C3)cc1. The summed E-state index contributed by atoms with van der Waals surface area (Å²) in [5.41, 5.74) is 0.692. The van der Waals surface area contributed by atoms with Gasteiger partial charge in [-0.3, -0.25) is 14.4 Å². The molecule has 1 aliphatic heterocycles. The van der Waals surface area contributed by atoms with Gasteiger partial charge < -0.3 is 24.8 Å². The Kier molecular flexibility index (Phi) is 6.88.